The lowest BCUT2D eigenvalue weighted by atomic mass is 10.2. The van der Waals surface area contributed by atoms with E-state index in [1.165, 1.54) is 19.2 Å². The third-order valence-corrected chi connectivity index (χ3v) is 2.92. The molecule has 104 valence electrons. The number of benzene rings is 2. The maximum Gasteiger partial charge on any atom is 0.248 e. The van der Waals surface area contributed by atoms with Gasteiger partial charge in [0.25, 0.3) is 0 Å². The van der Waals surface area contributed by atoms with Gasteiger partial charge in [-0.15, -0.1) is 0 Å². The molecule has 0 spiro atoms. The fourth-order valence-electron chi connectivity index (χ4n) is 1.64. The number of ether oxygens (including phenoxy) is 2. The lowest BCUT2D eigenvalue weighted by molar-refractivity contribution is 0.0999. The average molecular weight is 293 g/mol. The van der Waals surface area contributed by atoms with Gasteiger partial charge in [0.15, 0.2) is 5.75 Å². The number of carbonyl (C=O) groups is 1. The third kappa shape index (κ3) is 2.95. The van der Waals surface area contributed by atoms with Crippen molar-refractivity contribution in [1.82, 2.24) is 0 Å². The van der Waals surface area contributed by atoms with E-state index in [1.54, 1.807) is 24.3 Å². The summed E-state index contributed by atoms with van der Waals surface area (Å²) in [6.07, 6.45) is 0. The van der Waals surface area contributed by atoms with Crippen molar-refractivity contribution in [3.8, 4) is 17.2 Å². The summed E-state index contributed by atoms with van der Waals surface area (Å²) >= 11 is 6.03. The molecule has 0 aliphatic carbocycles. The second kappa shape index (κ2) is 5.71. The highest BCUT2D eigenvalue weighted by Crippen LogP contribution is 2.36. The van der Waals surface area contributed by atoms with Crippen molar-refractivity contribution < 1.29 is 14.3 Å². The first kappa shape index (κ1) is 14.0. The van der Waals surface area contributed by atoms with Gasteiger partial charge in [0.05, 0.1) is 17.8 Å². The van der Waals surface area contributed by atoms with E-state index < -0.39 is 5.91 Å². The number of para-hydroxylation sites is 1. The Morgan fingerprint density at radius 2 is 1.90 bits per heavy atom. The molecule has 0 saturated carbocycles. The Kier molecular flexibility index (Phi) is 4.00. The minimum Gasteiger partial charge on any atom is -0.497 e. The Balaban J connectivity index is 2.43. The smallest absolute Gasteiger partial charge is 0.248 e. The van der Waals surface area contributed by atoms with Crippen molar-refractivity contribution >= 4 is 23.2 Å². The molecule has 5 nitrogen and oxygen atoms in total. The van der Waals surface area contributed by atoms with Crippen LogP contribution >= 0.6 is 11.6 Å². The molecule has 0 aliphatic rings. The molecule has 20 heavy (non-hydrogen) atoms. The fraction of sp³-hybridized carbons (Fsp3) is 0.0714. The van der Waals surface area contributed by atoms with Gasteiger partial charge in [0, 0.05) is 11.6 Å². The van der Waals surface area contributed by atoms with E-state index in [0.29, 0.717) is 28.0 Å². The van der Waals surface area contributed by atoms with Crippen molar-refractivity contribution in [3.05, 3.63) is 47.0 Å². The molecule has 4 N–H and O–H groups in total. The first-order valence-corrected chi connectivity index (χ1v) is 6.10. The van der Waals surface area contributed by atoms with Crippen LogP contribution in [0.1, 0.15) is 10.4 Å². The zero-order valence-electron chi connectivity index (χ0n) is 10.7. The Morgan fingerprint density at radius 3 is 2.50 bits per heavy atom. The summed E-state index contributed by atoms with van der Waals surface area (Å²) in [5, 5.41) is 0.369. The first-order chi connectivity index (χ1) is 9.51. The Hall–Kier alpha value is -2.40. The van der Waals surface area contributed by atoms with Crippen LogP contribution in [0.3, 0.4) is 0 Å². The molecule has 0 fully saturated rings. The Labute approximate surface area is 121 Å². The van der Waals surface area contributed by atoms with Crippen LogP contribution in [0.2, 0.25) is 5.02 Å². The molecule has 0 heterocycles. The van der Waals surface area contributed by atoms with Crippen LogP contribution in [0.15, 0.2) is 36.4 Å². The van der Waals surface area contributed by atoms with Crippen molar-refractivity contribution in [2.24, 2.45) is 5.73 Å². The molecule has 2 rings (SSSR count). The number of hydrogen-bond donors (Lipinski definition) is 2. The Morgan fingerprint density at radius 1 is 1.20 bits per heavy atom. The molecule has 0 aliphatic heterocycles. The SMILES string of the molecule is COc1cc(Oc2c(N)cccc2Cl)cc(C(N)=O)c1. The predicted molar refractivity (Wildman–Crippen MR) is 77.5 cm³/mol. The number of methoxy groups -OCH3 is 1. The van der Waals surface area contributed by atoms with Crippen LogP contribution in [0, 0.1) is 0 Å². The number of rotatable bonds is 4. The van der Waals surface area contributed by atoms with Crippen LogP contribution in [0.25, 0.3) is 0 Å². The zero-order chi connectivity index (χ0) is 14.7. The molecule has 6 heteroatoms. The number of anilines is 1. The summed E-state index contributed by atoms with van der Waals surface area (Å²) in [4.78, 5) is 11.3. The maximum atomic E-state index is 11.3. The molecule has 0 aromatic heterocycles. The number of hydrogen-bond acceptors (Lipinski definition) is 4. The minimum atomic E-state index is -0.583. The summed E-state index contributed by atoms with van der Waals surface area (Å²) in [6, 6.07) is 9.65. The van der Waals surface area contributed by atoms with Gasteiger partial charge in [-0.1, -0.05) is 17.7 Å². The number of primary amides is 1. The summed E-state index contributed by atoms with van der Waals surface area (Å²) in [5.41, 5.74) is 11.7. The molecular formula is C14H13ClN2O3. The average Bonchev–Trinajstić information content (AvgIpc) is 2.42. The van der Waals surface area contributed by atoms with Crippen molar-refractivity contribution in [1.29, 1.82) is 0 Å². The van der Waals surface area contributed by atoms with Gasteiger partial charge in [0.1, 0.15) is 11.5 Å². The molecule has 0 radical (unpaired) electrons. The summed E-state index contributed by atoms with van der Waals surface area (Å²) < 4.78 is 10.7. The van der Waals surface area contributed by atoms with E-state index in [0.717, 1.165) is 0 Å². The second-order valence-electron chi connectivity index (χ2n) is 4.02. The van der Waals surface area contributed by atoms with E-state index in [4.69, 9.17) is 32.5 Å². The lowest BCUT2D eigenvalue weighted by Crippen LogP contribution is -2.11. The van der Waals surface area contributed by atoms with Crippen molar-refractivity contribution in [2.45, 2.75) is 0 Å². The van der Waals surface area contributed by atoms with E-state index >= 15 is 0 Å². The van der Waals surface area contributed by atoms with E-state index in [9.17, 15) is 4.79 Å². The maximum absolute atomic E-state index is 11.3. The van der Waals surface area contributed by atoms with E-state index in [1.807, 2.05) is 0 Å². The number of nitrogens with two attached hydrogens (primary N) is 2. The van der Waals surface area contributed by atoms with Crippen LogP contribution in [0.5, 0.6) is 17.2 Å². The van der Waals surface area contributed by atoms with Gasteiger partial charge in [-0.3, -0.25) is 4.79 Å². The van der Waals surface area contributed by atoms with Gasteiger partial charge >= 0.3 is 0 Å². The van der Waals surface area contributed by atoms with Crippen molar-refractivity contribution in [3.63, 3.8) is 0 Å². The van der Waals surface area contributed by atoms with Gasteiger partial charge in [-0.05, 0) is 24.3 Å². The van der Waals surface area contributed by atoms with Gasteiger partial charge < -0.3 is 20.9 Å². The van der Waals surface area contributed by atoms with Gasteiger partial charge in [-0.25, -0.2) is 0 Å². The number of halogens is 1. The largest absolute Gasteiger partial charge is 0.497 e. The molecule has 0 bridgehead atoms. The summed E-state index contributed by atoms with van der Waals surface area (Å²) in [7, 11) is 1.48. The van der Waals surface area contributed by atoms with E-state index in [2.05, 4.69) is 0 Å². The highest BCUT2D eigenvalue weighted by Gasteiger charge is 2.11. The third-order valence-electron chi connectivity index (χ3n) is 2.62. The zero-order valence-corrected chi connectivity index (χ0v) is 11.5. The number of nitrogen functional groups attached to an aromatic ring is 1. The fourth-order valence-corrected chi connectivity index (χ4v) is 1.86. The summed E-state index contributed by atoms with van der Waals surface area (Å²) in [6.45, 7) is 0. The predicted octanol–water partition coefficient (Wildman–Crippen LogP) is 2.82. The van der Waals surface area contributed by atoms with Gasteiger partial charge in [-0.2, -0.15) is 0 Å². The molecule has 1 amide bonds. The highest BCUT2D eigenvalue weighted by molar-refractivity contribution is 6.32. The lowest BCUT2D eigenvalue weighted by Gasteiger charge is -2.12. The topological polar surface area (TPSA) is 87.6 Å². The molecule has 0 saturated heterocycles. The first-order valence-electron chi connectivity index (χ1n) is 5.72. The van der Waals surface area contributed by atoms with Crippen LogP contribution < -0.4 is 20.9 Å². The summed E-state index contributed by atoms with van der Waals surface area (Å²) in [5.74, 6) is 0.540. The molecule has 0 atom stereocenters. The Bertz CT molecular complexity index is 639. The molecular weight excluding hydrogens is 280 g/mol. The molecule has 2 aromatic carbocycles. The van der Waals surface area contributed by atoms with Crippen LogP contribution in [0.4, 0.5) is 5.69 Å². The van der Waals surface area contributed by atoms with E-state index in [-0.39, 0.29) is 5.56 Å². The van der Waals surface area contributed by atoms with Crippen LogP contribution in [-0.4, -0.2) is 13.0 Å². The monoisotopic (exact) mass is 292 g/mol. The normalized spacial score (nSPS) is 10.1. The quantitative estimate of drug-likeness (QED) is 0.848. The van der Waals surface area contributed by atoms with Crippen molar-refractivity contribution in [2.75, 3.05) is 12.8 Å². The number of carbonyl (C=O) groups excluding carboxylic acids is 1. The van der Waals surface area contributed by atoms with Gasteiger partial charge in [0.2, 0.25) is 5.91 Å². The molecule has 2 aromatic rings. The molecule has 0 unspecified atom stereocenters. The number of amides is 1. The van der Waals surface area contributed by atoms with Crippen LogP contribution in [-0.2, 0) is 0 Å². The second-order valence-corrected chi connectivity index (χ2v) is 4.43. The standard InChI is InChI=1S/C14H13ClN2O3/c1-19-9-5-8(14(17)18)6-10(7-9)20-13-11(15)3-2-4-12(13)16/h2-7H,16H2,1H3,(H2,17,18). The minimum absolute atomic E-state index is 0.268. The highest BCUT2D eigenvalue weighted by atomic mass is 35.5.